The maximum atomic E-state index is 12.3. The predicted molar refractivity (Wildman–Crippen MR) is 148 cm³/mol. The molecule has 0 bridgehead atoms. The van der Waals surface area contributed by atoms with Crippen molar-refractivity contribution in [3.05, 3.63) is 131 Å². The van der Waals surface area contributed by atoms with Crippen molar-refractivity contribution in [3.8, 4) is 11.3 Å². The van der Waals surface area contributed by atoms with E-state index in [1.165, 1.54) is 0 Å². The van der Waals surface area contributed by atoms with Crippen LogP contribution in [0.15, 0.2) is 123 Å². The van der Waals surface area contributed by atoms with Crippen LogP contribution in [0.3, 0.4) is 0 Å². The van der Waals surface area contributed by atoms with Gasteiger partial charge in [-0.3, -0.25) is 4.79 Å². The largest absolute Gasteiger partial charge is 0.452 e. The molecule has 0 aliphatic rings. The molecule has 7 nitrogen and oxygen atoms in total. The van der Waals surface area contributed by atoms with Crippen molar-refractivity contribution in [2.45, 2.75) is 0 Å². The molecule has 0 spiro atoms. The number of hydrogen-bond acceptors (Lipinski definition) is 6. The van der Waals surface area contributed by atoms with E-state index in [1.807, 2.05) is 91.0 Å². The molecule has 0 aliphatic heterocycles. The van der Waals surface area contributed by atoms with Gasteiger partial charge in [-0.2, -0.15) is 4.98 Å². The van der Waals surface area contributed by atoms with Crippen LogP contribution >= 0.6 is 0 Å². The van der Waals surface area contributed by atoms with E-state index < -0.39 is 0 Å². The molecule has 3 aromatic heterocycles. The zero-order valence-corrected chi connectivity index (χ0v) is 20.0. The van der Waals surface area contributed by atoms with Crippen LogP contribution in [0.2, 0.25) is 0 Å². The van der Waals surface area contributed by atoms with Crippen LogP contribution in [0.1, 0.15) is 16.1 Å². The number of anilines is 1. The summed E-state index contributed by atoms with van der Waals surface area (Å²) in [7, 11) is 0. The fraction of sp³-hybridized carbons (Fsp3) is 0. The lowest BCUT2D eigenvalue weighted by Crippen LogP contribution is -2.10. The number of hydrogen-bond donors (Lipinski definition) is 2. The van der Waals surface area contributed by atoms with E-state index in [2.05, 4.69) is 9.97 Å². The molecule has 0 amide bonds. The van der Waals surface area contributed by atoms with Crippen molar-refractivity contribution in [1.82, 2.24) is 9.97 Å². The smallest absolute Gasteiger partial charge is 0.346 e. The van der Waals surface area contributed by atoms with Gasteiger partial charge in [0.05, 0.1) is 11.2 Å². The normalized spacial score (nSPS) is 10.9. The summed E-state index contributed by atoms with van der Waals surface area (Å²) in [5, 5.41) is 1.66. The SMILES string of the molecule is Nc1c(C(=O)c2ccccc2)oc2ccccc12.O=c1nc(-c2ccccc2)c2oc3ccccc3c2[nH]1. The van der Waals surface area contributed by atoms with E-state index in [0.717, 1.165) is 21.9 Å². The standard InChI is InChI=1S/C16H10N2O2.C15H11NO2/c19-16-17-13(10-6-2-1-3-7-10)15-14(18-16)11-8-4-5-9-12(11)20-15;16-13-11-8-4-5-9-12(11)18-15(13)14(17)10-6-2-1-3-7-10/h1-9H,(H,17,18,19);1-9H,16H2. The third kappa shape index (κ3) is 4.12. The summed E-state index contributed by atoms with van der Waals surface area (Å²) in [6.07, 6.45) is 0. The van der Waals surface area contributed by atoms with E-state index in [-0.39, 0.29) is 17.2 Å². The van der Waals surface area contributed by atoms with Gasteiger partial charge in [-0.05, 0) is 24.3 Å². The number of nitrogens with two attached hydrogens (primary N) is 1. The number of rotatable bonds is 3. The average Bonchev–Trinajstić information content (AvgIpc) is 3.51. The molecule has 0 fully saturated rings. The molecular formula is C31H21N3O4. The van der Waals surface area contributed by atoms with Gasteiger partial charge in [0.2, 0.25) is 5.78 Å². The van der Waals surface area contributed by atoms with E-state index in [1.54, 1.807) is 18.2 Å². The fourth-order valence-corrected chi connectivity index (χ4v) is 4.37. The Balaban J connectivity index is 0.000000140. The highest BCUT2D eigenvalue weighted by Crippen LogP contribution is 2.32. The number of benzene rings is 4. The maximum absolute atomic E-state index is 12.3. The van der Waals surface area contributed by atoms with E-state index >= 15 is 0 Å². The molecule has 7 aromatic rings. The van der Waals surface area contributed by atoms with E-state index in [4.69, 9.17) is 14.6 Å². The summed E-state index contributed by atoms with van der Waals surface area (Å²) in [4.78, 5) is 30.9. The zero-order valence-electron chi connectivity index (χ0n) is 20.0. The molecule has 184 valence electrons. The number of fused-ring (bicyclic) bond motifs is 4. The van der Waals surface area contributed by atoms with Crippen molar-refractivity contribution in [2.75, 3.05) is 5.73 Å². The van der Waals surface area contributed by atoms with Gasteiger partial charge in [0, 0.05) is 21.9 Å². The number of nitrogens with one attached hydrogen (secondary N) is 1. The van der Waals surface area contributed by atoms with Crippen LogP contribution in [0.25, 0.3) is 44.3 Å². The summed E-state index contributed by atoms with van der Waals surface area (Å²) in [5.41, 5.74) is 10.7. The van der Waals surface area contributed by atoms with E-state index in [0.29, 0.717) is 33.6 Å². The second kappa shape index (κ2) is 9.55. The number of aromatic amines is 1. The number of ketones is 1. The van der Waals surface area contributed by atoms with Crippen LogP contribution in [0.4, 0.5) is 5.69 Å². The second-order valence-corrected chi connectivity index (χ2v) is 8.60. The number of carbonyl (C=O) groups excluding carboxylic acids is 1. The average molecular weight is 500 g/mol. The van der Waals surface area contributed by atoms with Gasteiger partial charge in [0.25, 0.3) is 0 Å². The summed E-state index contributed by atoms with van der Waals surface area (Å²) in [6, 6.07) is 33.5. The van der Waals surface area contributed by atoms with Gasteiger partial charge in [-0.15, -0.1) is 0 Å². The van der Waals surface area contributed by atoms with Crippen molar-refractivity contribution in [2.24, 2.45) is 0 Å². The molecule has 3 N–H and O–H groups in total. The van der Waals surface area contributed by atoms with Crippen molar-refractivity contribution in [1.29, 1.82) is 0 Å². The molecule has 7 rings (SSSR count). The Morgan fingerprint density at radius 1 is 0.711 bits per heavy atom. The Hall–Kier alpha value is -5.43. The lowest BCUT2D eigenvalue weighted by atomic mass is 10.1. The zero-order chi connectivity index (χ0) is 26.1. The number of nitrogen functional groups attached to an aromatic ring is 1. The maximum Gasteiger partial charge on any atom is 0.346 e. The Morgan fingerprint density at radius 3 is 1.97 bits per heavy atom. The van der Waals surface area contributed by atoms with Crippen molar-refractivity contribution < 1.29 is 13.6 Å². The summed E-state index contributed by atoms with van der Waals surface area (Å²) < 4.78 is 11.4. The Labute approximate surface area is 216 Å². The molecule has 0 saturated carbocycles. The van der Waals surface area contributed by atoms with E-state index in [9.17, 15) is 9.59 Å². The molecule has 0 atom stereocenters. The number of furan rings is 2. The fourth-order valence-electron chi connectivity index (χ4n) is 4.37. The van der Waals surface area contributed by atoms with Gasteiger partial charge in [0.15, 0.2) is 11.3 Å². The lowest BCUT2D eigenvalue weighted by molar-refractivity contribution is 0.101. The van der Waals surface area contributed by atoms with Crippen molar-refractivity contribution in [3.63, 3.8) is 0 Å². The number of para-hydroxylation sites is 2. The number of H-pyrrole nitrogens is 1. The molecule has 7 heteroatoms. The van der Waals surface area contributed by atoms with Crippen LogP contribution in [0.5, 0.6) is 0 Å². The quantitative estimate of drug-likeness (QED) is 0.265. The predicted octanol–water partition coefficient (Wildman–Crippen LogP) is 6.58. The number of carbonyl (C=O) groups is 1. The van der Waals surface area contributed by atoms with Crippen LogP contribution < -0.4 is 11.4 Å². The first kappa shape index (κ1) is 23.0. The minimum absolute atomic E-state index is 0.190. The molecule has 0 radical (unpaired) electrons. The highest BCUT2D eigenvalue weighted by Gasteiger charge is 2.19. The lowest BCUT2D eigenvalue weighted by Gasteiger charge is -2.00. The summed E-state index contributed by atoms with van der Waals surface area (Å²) in [5.74, 6) is 0.0201. The van der Waals surface area contributed by atoms with Gasteiger partial charge in [0.1, 0.15) is 16.9 Å². The second-order valence-electron chi connectivity index (χ2n) is 8.60. The Kier molecular flexibility index (Phi) is 5.78. The number of aromatic nitrogens is 2. The van der Waals surface area contributed by atoms with Gasteiger partial charge in [-0.1, -0.05) is 84.9 Å². The molecule has 0 saturated heterocycles. The number of nitrogens with zero attached hydrogens (tertiary/aromatic N) is 1. The highest BCUT2D eigenvalue weighted by molar-refractivity contribution is 6.14. The molecule has 0 unspecified atom stereocenters. The summed E-state index contributed by atoms with van der Waals surface area (Å²) in [6.45, 7) is 0. The van der Waals surface area contributed by atoms with Crippen LogP contribution in [-0.4, -0.2) is 15.8 Å². The van der Waals surface area contributed by atoms with Crippen molar-refractivity contribution >= 4 is 44.5 Å². The summed E-state index contributed by atoms with van der Waals surface area (Å²) >= 11 is 0. The molecule has 38 heavy (non-hydrogen) atoms. The van der Waals surface area contributed by atoms with Gasteiger partial charge < -0.3 is 19.6 Å². The first-order valence-electron chi connectivity index (χ1n) is 11.9. The molecular weight excluding hydrogens is 478 g/mol. The molecule has 3 heterocycles. The third-order valence-corrected chi connectivity index (χ3v) is 6.18. The highest BCUT2D eigenvalue weighted by atomic mass is 16.3. The van der Waals surface area contributed by atoms with Gasteiger partial charge >= 0.3 is 5.69 Å². The molecule has 4 aromatic carbocycles. The first-order valence-corrected chi connectivity index (χ1v) is 11.9. The topological polar surface area (TPSA) is 115 Å². The minimum atomic E-state index is -0.372. The monoisotopic (exact) mass is 499 g/mol. The molecule has 0 aliphatic carbocycles. The Morgan fingerprint density at radius 2 is 1.29 bits per heavy atom. The van der Waals surface area contributed by atoms with Crippen LogP contribution in [-0.2, 0) is 0 Å². The minimum Gasteiger partial charge on any atom is -0.452 e. The first-order chi connectivity index (χ1) is 18.6. The van der Waals surface area contributed by atoms with Gasteiger partial charge in [-0.25, -0.2) is 4.79 Å². The third-order valence-electron chi connectivity index (χ3n) is 6.18. The van der Waals surface area contributed by atoms with Crippen LogP contribution in [0, 0.1) is 0 Å². The Bertz CT molecular complexity index is 1970.